The van der Waals surface area contributed by atoms with Crippen molar-refractivity contribution < 1.29 is 14.3 Å². The molecule has 3 aromatic rings. The summed E-state index contributed by atoms with van der Waals surface area (Å²) in [6, 6.07) is 17.1. The van der Waals surface area contributed by atoms with Gasteiger partial charge in [0.05, 0.1) is 7.11 Å². The Morgan fingerprint density at radius 2 is 1.75 bits per heavy atom. The molecule has 0 radical (unpaired) electrons. The Morgan fingerprint density at radius 1 is 1.03 bits per heavy atom. The lowest BCUT2D eigenvalue weighted by Gasteiger charge is -2.40. The van der Waals surface area contributed by atoms with Crippen LogP contribution in [0.3, 0.4) is 0 Å². The lowest BCUT2D eigenvalue weighted by atomic mass is 10.1. The van der Waals surface area contributed by atoms with Crippen LogP contribution in [0.2, 0.25) is 0 Å². The van der Waals surface area contributed by atoms with Gasteiger partial charge >= 0.3 is 0 Å². The summed E-state index contributed by atoms with van der Waals surface area (Å²) < 4.78 is 11.1. The van der Waals surface area contributed by atoms with Gasteiger partial charge in [-0.05, 0) is 55.3 Å². The van der Waals surface area contributed by atoms with Crippen LogP contribution in [0.1, 0.15) is 29.8 Å². The standard InChI is InChI=1S/C25H28N4O3/c1-4-19-5-7-20(8-6-19)25(30)29-14-13-28(16-18(29)2)23-15-24(27-17-26-23)32-22-11-9-21(31-3)10-12-22/h5-12,15,17-18H,4,13-14,16H2,1-3H3/t18-/m1/s1. The van der Waals surface area contributed by atoms with Crippen LogP contribution in [-0.2, 0) is 6.42 Å². The fourth-order valence-corrected chi connectivity index (χ4v) is 3.84. The monoisotopic (exact) mass is 432 g/mol. The first-order valence-corrected chi connectivity index (χ1v) is 10.9. The van der Waals surface area contributed by atoms with Crippen molar-refractivity contribution in [1.29, 1.82) is 0 Å². The van der Waals surface area contributed by atoms with E-state index < -0.39 is 0 Å². The quantitative estimate of drug-likeness (QED) is 0.582. The van der Waals surface area contributed by atoms with Gasteiger partial charge in [0.1, 0.15) is 23.6 Å². The van der Waals surface area contributed by atoms with Crippen molar-refractivity contribution in [2.24, 2.45) is 0 Å². The molecule has 1 aliphatic heterocycles. The van der Waals surface area contributed by atoms with Gasteiger partial charge in [-0.25, -0.2) is 9.97 Å². The highest BCUT2D eigenvalue weighted by atomic mass is 16.5. The topological polar surface area (TPSA) is 67.8 Å². The van der Waals surface area contributed by atoms with Crippen LogP contribution in [0.5, 0.6) is 17.4 Å². The van der Waals surface area contributed by atoms with Crippen LogP contribution >= 0.6 is 0 Å². The number of nitrogens with zero attached hydrogens (tertiary/aromatic N) is 4. The average molecular weight is 433 g/mol. The maximum atomic E-state index is 13.0. The van der Waals surface area contributed by atoms with Gasteiger partial charge in [0.25, 0.3) is 5.91 Å². The number of carbonyl (C=O) groups is 1. The largest absolute Gasteiger partial charge is 0.497 e. The zero-order valence-corrected chi connectivity index (χ0v) is 18.7. The fraction of sp³-hybridized carbons (Fsp3) is 0.320. The van der Waals surface area contributed by atoms with Crippen molar-refractivity contribution in [3.05, 3.63) is 72.1 Å². The molecule has 0 spiro atoms. The average Bonchev–Trinajstić information content (AvgIpc) is 2.84. The summed E-state index contributed by atoms with van der Waals surface area (Å²) in [7, 11) is 1.63. The maximum Gasteiger partial charge on any atom is 0.254 e. The summed E-state index contributed by atoms with van der Waals surface area (Å²) in [4.78, 5) is 25.8. The number of carbonyl (C=O) groups excluding carboxylic acids is 1. The number of methoxy groups -OCH3 is 1. The Balaban J connectivity index is 1.41. The van der Waals surface area contributed by atoms with E-state index >= 15 is 0 Å². The van der Waals surface area contributed by atoms with Crippen LogP contribution < -0.4 is 14.4 Å². The van der Waals surface area contributed by atoms with Crippen molar-refractivity contribution in [1.82, 2.24) is 14.9 Å². The van der Waals surface area contributed by atoms with Crippen LogP contribution in [0.25, 0.3) is 0 Å². The number of hydrogen-bond acceptors (Lipinski definition) is 6. The van der Waals surface area contributed by atoms with Crippen molar-refractivity contribution in [2.45, 2.75) is 26.3 Å². The number of ether oxygens (including phenoxy) is 2. The van der Waals surface area contributed by atoms with Gasteiger partial charge in [-0.2, -0.15) is 0 Å². The molecule has 1 atom stereocenters. The summed E-state index contributed by atoms with van der Waals surface area (Å²) >= 11 is 0. The molecule has 2 aromatic carbocycles. The number of hydrogen-bond donors (Lipinski definition) is 0. The number of rotatable bonds is 6. The van der Waals surface area contributed by atoms with Crippen LogP contribution in [0.15, 0.2) is 60.9 Å². The summed E-state index contributed by atoms with van der Waals surface area (Å²) in [5.41, 5.74) is 1.97. The second kappa shape index (κ2) is 9.68. The zero-order chi connectivity index (χ0) is 22.5. The number of anilines is 1. The first-order chi connectivity index (χ1) is 15.6. The van der Waals surface area contributed by atoms with E-state index in [1.807, 2.05) is 59.5 Å². The summed E-state index contributed by atoms with van der Waals surface area (Å²) in [5, 5.41) is 0. The van der Waals surface area contributed by atoms with Gasteiger partial charge in [0, 0.05) is 37.3 Å². The molecule has 1 fully saturated rings. The number of piperazine rings is 1. The third-order valence-corrected chi connectivity index (χ3v) is 5.73. The molecule has 1 saturated heterocycles. The molecule has 1 aliphatic rings. The molecule has 7 heteroatoms. The minimum Gasteiger partial charge on any atom is -0.497 e. The van der Waals surface area contributed by atoms with Crippen molar-refractivity contribution >= 4 is 11.7 Å². The van der Waals surface area contributed by atoms with Crippen LogP contribution in [0, 0.1) is 0 Å². The molecule has 0 unspecified atom stereocenters. The van der Waals surface area contributed by atoms with Crippen molar-refractivity contribution in [3.63, 3.8) is 0 Å². The summed E-state index contributed by atoms with van der Waals surface area (Å²) in [5.74, 6) is 2.78. The zero-order valence-electron chi connectivity index (χ0n) is 18.7. The second-order valence-electron chi connectivity index (χ2n) is 7.84. The molecule has 7 nitrogen and oxygen atoms in total. The van der Waals surface area contributed by atoms with Gasteiger partial charge in [0.2, 0.25) is 5.88 Å². The van der Waals surface area contributed by atoms with E-state index in [-0.39, 0.29) is 11.9 Å². The number of aryl methyl sites for hydroxylation is 1. The third-order valence-electron chi connectivity index (χ3n) is 5.73. The Morgan fingerprint density at radius 3 is 2.41 bits per heavy atom. The Kier molecular flexibility index (Phi) is 6.54. The number of benzene rings is 2. The minimum atomic E-state index is 0.0584. The van der Waals surface area contributed by atoms with Crippen LogP contribution in [-0.4, -0.2) is 53.6 Å². The maximum absolute atomic E-state index is 13.0. The molecule has 0 N–H and O–H groups in total. The van der Waals surface area contributed by atoms with E-state index in [0.29, 0.717) is 31.3 Å². The summed E-state index contributed by atoms with van der Waals surface area (Å²) in [6.07, 6.45) is 2.47. The first-order valence-electron chi connectivity index (χ1n) is 10.9. The predicted molar refractivity (Wildman–Crippen MR) is 124 cm³/mol. The van der Waals surface area contributed by atoms with Crippen molar-refractivity contribution in [2.75, 3.05) is 31.6 Å². The molecule has 1 amide bonds. The van der Waals surface area contributed by atoms with E-state index in [1.165, 1.54) is 11.9 Å². The smallest absolute Gasteiger partial charge is 0.254 e. The fourth-order valence-electron chi connectivity index (χ4n) is 3.84. The van der Waals surface area contributed by atoms with E-state index in [9.17, 15) is 4.79 Å². The van der Waals surface area contributed by atoms with E-state index in [1.54, 1.807) is 7.11 Å². The minimum absolute atomic E-state index is 0.0584. The van der Waals surface area contributed by atoms with E-state index in [0.717, 1.165) is 23.6 Å². The van der Waals surface area contributed by atoms with E-state index in [4.69, 9.17) is 9.47 Å². The molecule has 4 rings (SSSR count). The number of aromatic nitrogens is 2. The van der Waals surface area contributed by atoms with Gasteiger partial charge in [-0.1, -0.05) is 19.1 Å². The molecule has 1 aromatic heterocycles. The Labute approximate surface area is 188 Å². The van der Waals surface area contributed by atoms with Gasteiger partial charge in [0.15, 0.2) is 0 Å². The molecule has 0 saturated carbocycles. The highest BCUT2D eigenvalue weighted by Crippen LogP contribution is 2.26. The van der Waals surface area contributed by atoms with Gasteiger partial charge < -0.3 is 19.3 Å². The molecular weight excluding hydrogens is 404 g/mol. The Hall–Kier alpha value is -3.61. The highest BCUT2D eigenvalue weighted by Gasteiger charge is 2.29. The molecule has 32 heavy (non-hydrogen) atoms. The van der Waals surface area contributed by atoms with Gasteiger partial charge in [-0.15, -0.1) is 0 Å². The highest BCUT2D eigenvalue weighted by molar-refractivity contribution is 5.94. The SMILES string of the molecule is CCc1ccc(C(=O)N2CCN(c3cc(Oc4ccc(OC)cc4)ncn3)C[C@H]2C)cc1. The lowest BCUT2D eigenvalue weighted by Crippen LogP contribution is -2.54. The number of amides is 1. The molecule has 0 bridgehead atoms. The van der Waals surface area contributed by atoms with Crippen molar-refractivity contribution in [3.8, 4) is 17.4 Å². The molecular formula is C25H28N4O3. The Bertz CT molecular complexity index is 1050. The third kappa shape index (κ3) is 4.82. The molecule has 0 aliphatic carbocycles. The van der Waals surface area contributed by atoms with Crippen LogP contribution in [0.4, 0.5) is 5.82 Å². The predicted octanol–water partition coefficient (Wildman–Crippen LogP) is 4.19. The van der Waals surface area contributed by atoms with Gasteiger partial charge in [-0.3, -0.25) is 4.79 Å². The normalized spacial score (nSPS) is 16.0. The second-order valence-corrected chi connectivity index (χ2v) is 7.84. The summed E-state index contributed by atoms with van der Waals surface area (Å²) in [6.45, 7) is 6.20. The molecule has 166 valence electrons. The lowest BCUT2D eigenvalue weighted by molar-refractivity contribution is 0.0673. The first kappa shape index (κ1) is 21.6. The van der Waals surface area contributed by atoms with E-state index in [2.05, 4.69) is 28.7 Å². The molecule has 2 heterocycles.